The van der Waals surface area contributed by atoms with Crippen LogP contribution in [-0.2, 0) is 65.4 Å². The molecule has 0 spiro atoms. The maximum absolute atomic E-state index is 13.1. The number of aliphatic hydroxyl groups excluding tert-OH is 1. The molecule has 0 aromatic rings. The van der Waals surface area contributed by atoms with Crippen molar-refractivity contribution in [1.29, 1.82) is 0 Å². The molecule has 0 saturated carbocycles. The summed E-state index contributed by atoms with van der Waals surface area (Å²) >= 11 is 0. The highest BCUT2D eigenvalue weighted by Gasteiger charge is 2.30. The van der Waals surface area contributed by atoms with Crippen molar-refractivity contribution in [2.75, 3.05) is 39.6 Å². The molecular formula is C87H146O17P2. The Balaban J connectivity index is 5.45. The number of aliphatic hydroxyl groups is 1. The summed E-state index contributed by atoms with van der Waals surface area (Å²) in [5, 5.41) is 10.7. The number of hydrogen-bond acceptors (Lipinski definition) is 15. The molecule has 0 fully saturated rings. The molecule has 19 heteroatoms. The van der Waals surface area contributed by atoms with Crippen LogP contribution in [0.2, 0.25) is 0 Å². The minimum atomic E-state index is -5.00. The molecule has 0 heterocycles. The molecule has 0 aromatic heterocycles. The molecule has 0 radical (unpaired) electrons. The Morgan fingerprint density at radius 1 is 0.274 bits per heavy atom. The first-order chi connectivity index (χ1) is 51.7. The number of phosphoric ester groups is 2. The maximum atomic E-state index is 13.1. The monoisotopic (exact) mass is 1530 g/mol. The molecule has 2 unspecified atom stereocenters. The normalized spacial score (nSPS) is 14.6. The molecule has 17 nitrogen and oxygen atoms in total. The van der Waals surface area contributed by atoms with Gasteiger partial charge in [-0.05, 0) is 148 Å². The number of hydrogen-bond donors (Lipinski definition) is 3. The lowest BCUT2D eigenvalue weighted by Crippen LogP contribution is -2.30. The van der Waals surface area contributed by atoms with Crippen molar-refractivity contribution in [3.05, 3.63) is 146 Å². The van der Waals surface area contributed by atoms with E-state index in [2.05, 4.69) is 174 Å². The zero-order valence-electron chi connectivity index (χ0n) is 66.3. The summed E-state index contributed by atoms with van der Waals surface area (Å²) in [5.74, 6) is -2.26. The molecule has 106 heavy (non-hydrogen) atoms. The summed E-state index contributed by atoms with van der Waals surface area (Å²) in [7, 11) is -9.99. The second-order valence-electron chi connectivity index (χ2n) is 27.0. The van der Waals surface area contributed by atoms with Gasteiger partial charge >= 0.3 is 39.5 Å². The van der Waals surface area contributed by atoms with Crippen molar-refractivity contribution in [3.8, 4) is 0 Å². The van der Waals surface area contributed by atoms with E-state index in [9.17, 15) is 43.2 Å². The van der Waals surface area contributed by atoms with E-state index in [1.165, 1.54) is 77.0 Å². The molecule has 3 N–H and O–H groups in total. The molecule has 0 saturated heterocycles. The van der Waals surface area contributed by atoms with E-state index < -0.39 is 97.5 Å². The lowest BCUT2D eigenvalue weighted by molar-refractivity contribution is -0.161. The van der Waals surface area contributed by atoms with Crippen molar-refractivity contribution in [3.63, 3.8) is 0 Å². The number of ether oxygens (including phenoxy) is 4. The number of esters is 4. The van der Waals surface area contributed by atoms with E-state index in [4.69, 9.17) is 37.0 Å². The van der Waals surface area contributed by atoms with Gasteiger partial charge in [-0.2, -0.15) is 0 Å². The molecule has 606 valence electrons. The second-order valence-corrected chi connectivity index (χ2v) is 29.9. The first-order valence-electron chi connectivity index (χ1n) is 41.1. The Morgan fingerprint density at radius 3 is 0.783 bits per heavy atom. The number of allylic oxidation sites excluding steroid dienone is 24. The van der Waals surface area contributed by atoms with E-state index in [-0.39, 0.29) is 25.7 Å². The van der Waals surface area contributed by atoms with Crippen LogP contribution in [-0.4, -0.2) is 96.7 Å². The highest BCUT2D eigenvalue weighted by molar-refractivity contribution is 7.47. The molecule has 5 atom stereocenters. The lowest BCUT2D eigenvalue weighted by Gasteiger charge is -2.21. The predicted octanol–water partition coefficient (Wildman–Crippen LogP) is 24.2. The third kappa shape index (κ3) is 77.1. The van der Waals surface area contributed by atoms with Gasteiger partial charge in [0.2, 0.25) is 0 Å². The summed E-state index contributed by atoms with van der Waals surface area (Å²) in [6, 6.07) is 0. The molecule has 0 aliphatic heterocycles. The van der Waals surface area contributed by atoms with Crippen LogP contribution in [0.4, 0.5) is 0 Å². The molecular weight excluding hydrogens is 1380 g/mol. The summed E-state index contributed by atoms with van der Waals surface area (Å²) in [5.41, 5.74) is 0. The highest BCUT2D eigenvalue weighted by atomic mass is 31.2. The van der Waals surface area contributed by atoms with Gasteiger partial charge in [0.25, 0.3) is 0 Å². The number of rotatable bonds is 76. The van der Waals surface area contributed by atoms with Crippen LogP contribution in [0, 0.1) is 0 Å². The van der Waals surface area contributed by atoms with Crippen LogP contribution < -0.4 is 0 Å². The predicted molar refractivity (Wildman–Crippen MR) is 436 cm³/mol. The Morgan fingerprint density at radius 2 is 0.491 bits per heavy atom. The van der Waals surface area contributed by atoms with E-state index in [1.54, 1.807) is 0 Å². The standard InChI is InChI=1S/C87H146O17P2/c1-5-9-13-17-21-25-29-33-36-38-40-42-45-48-52-56-60-64-68-72-85(90)98-78-83(104-87(92)74-70-66-62-58-54-50-46-43-41-39-37-34-30-26-22-18-14-10-6-2)80-102-106(95,96)100-76-81(88)75-99-105(93,94)101-79-82(77-97-84(89)71-67-63-59-55-51-47-32-28-24-20-16-12-8-4)103-86(91)73-69-65-61-57-53-49-44-35-31-27-23-19-15-11-7-3/h9-10,13-14,21-23,25-27,33-37,40-44,48,50,52,54,81-83,88H,5-8,11-12,15-20,24,28-32,38-39,45-47,49,51,53,55-80H2,1-4H3,(H,93,94)(H,95,96)/b13-9-,14-10-,25-21-,26-22-,27-23-,36-33-,37-34-,42-40-,43-41-,44-35-,52-48-,54-50-/t81-,82+,83+/m0/s1. The van der Waals surface area contributed by atoms with Crippen molar-refractivity contribution in [2.45, 2.75) is 341 Å². The third-order valence-corrected chi connectivity index (χ3v) is 18.7. The first kappa shape index (κ1) is 101. The van der Waals surface area contributed by atoms with Crippen LogP contribution in [0.3, 0.4) is 0 Å². The van der Waals surface area contributed by atoms with Crippen LogP contribution in [0.1, 0.15) is 323 Å². The lowest BCUT2D eigenvalue weighted by atomic mass is 10.0. The van der Waals surface area contributed by atoms with Gasteiger partial charge in [0.1, 0.15) is 19.3 Å². The van der Waals surface area contributed by atoms with Gasteiger partial charge in [-0.25, -0.2) is 9.13 Å². The van der Waals surface area contributed by atoms with E-state index in [1.807, 2.05) is 0 Å². The van der Waals surface area contributed by atoms with E-state index in [0.717, 1.165) is 167 Å². The van der Waals surface area contributed by atoms with Crippen molar-refractivity contribution < 1.29 is 80.2 Å². The van der Waals surface area contributed by atoms with Gasteiger partial charge in [-0.15, -0.1) is 0 Å². The minimum absolute atomic E-state index is 0.0434. The number of carbonyl (C=O) groups excluding carboxylic acids is 4. The second kappa shape index (κ2) is 78.1. The molecule has 0 aromatic carbocycles. The number of carbonyl (C=O) groups is 4. The molecule has 0 amide bonds. The van der Waals surface area contributed by atoms with Crippen molar-refractivity contribution in [2.24, 2.45) is 0 Å². The van der Waals surface area contributed by atoms with Crippen molar-refractivity contribution >= 4 is 39.5 Å². The summed E-state index contributed by atoms with van der Waals surface area (Å²) in [6.45, 7) is 4.55. The van der Waals surface area contributed by atoms with Crippen LogP contribution in [0.5, 0.6) is 0 Å². The largest absolute Gasteiger partial charge is 0.472 e. The van der Waals surface area contributed by atoms with Gasteiger partial charge < -0.3 is 33.8 Å². The fraction of sp³-hybridized carbons (Fsp3) is 0.678. The number of unbranched alkanes of at least 4 members (excludes halogenated alkanes) is 26. The fourth-order valence-corrected chi connectivity index (χ4v) is 12.2. The van der Waals surface area contributed by atoms with E-state index >= 15 is 0 Å². The van der Waals surface area contributed by atoms with Crippen molar-refractivity contribution in [1.82, 2.24) is 0 Å². The van der Waals surface area contributed by atoms with Gasteiger partial charge in [0.05, 0.1) is 26.4 Å². The van der Waals surface area contributed by atoms with E-state index in [0.29, 0.717) is 25.7 Å². The minimum Gasteiger partial charge on any atom is -0.462 e. The Hall–Kier alpha value is -5.06. The first-order valence-corrected chi connectivity index (χ1v) is 44.1. The molecule has 0 rings (SSSR count). The Kier molecular flexibility index (Phi) is 74.3. The highest BCUT2D eigenvalue weighted by Crippen LogP contribution is 2.45. The summed E-state index contributed by atoms with van der Waals surface area (Å²) in [6.07, 6.45) is 89.6. The summed E-state index contributed by atoms with van der Waals surface area (Å²) in [4.78, 5) is 73.1. The van der Waals surface area contributed by atoms with Crippen LogP contribution >= 0.6 is 15.6 Å². The van der Waals surface area contributed by atoms with Gasteiger partial charge in [0, 0.05) is 25.7 Å². The molecule has 0 bridgehead atoms. The quantitative estimate of drug-likeness (QED) is 0.0169. The molecule has 0 aliphatic rings. The zero-order valence-corrected chi connectivity index (χ0v) is 68.1. The van der Waals surface area contributed by atoms with Crippen LogP contribution in [0.15, 0.2) is 146 Å². The molecule has 0 aliphatic carbocycles. The third-order valence-electron chi connectivity index (χ3n) is 16.8. The Bertz CT molecular complexity index is 2580. The summed E-state index contributed by atoms with van der Waals surface area (Å²) < 4.78 is 68.6. The average Bonchev–Trinajstić information content (AvgIpc) is 0.903. The Labute approximate surface area is 643 Å². The maximum Gasteiger partial charge on any atom is 0.472 e. The fourth-order valence-electron chi connectivity index (χ4n) is 10.6. The zero-order chi connectivity index (χ0) is 77.4. The topological polar surface area (TPSA) is 237 Å². The smallest absolute Gasteiger partial charge is 0.462 e. The van der Waals surface area contributed by atoms with Gasteiger partial charge in [-0.1, -0.05) is 296 Å². The van der Waals surface area contributed by atoms with Gasteiger partial charge in [0.15, 0.2) is 12.2 Å². The average molecular weight is 1530 g/mol. The number of phosphoric acid groups is 2. The van der Waals surface area contributed by atoms with Crippen LogP contribution in [0.25, 0.3) is 0 Å². The van der Waals surface area contributed by atoms with Gasteiger partial charge in [-0.3, -0.25) is 37.3 Å². The SMILES string of the molecule is CC/C=C\C/C=C\C/C=C\C/C=C\C/C=C\CCCCCC(=O)OC[C@H](COP(=O)(O)OC[C@@H](O)COP(=O)(O)OC[C@@H](COC(=O)CCCCCCCCCCCCCCC)OC(=O)CCCCCCC/C=C\C/C=C\CCCCC)OC(=O)CCCCC/C=C\C/C=C\C/C=C\C/C=C\C/C=C\CC.